The Morgan fingerprint density at radius 3 is 2.31 bits per heavy atom. The second-order valence-electron chi connectivity index (χ2n) is 2.99. The first-order valence-corrected chi connectivity index (χ1v) is 7.01. The Kier molecular flexibility index (Phi) is 3.05. The van der Waals surface area contributed by atoms with E-state index in [9.17, 15) is 8.42 Å². The minimum absolute atomic E-state index is 0.612. The Morgan fingerprint density at radius 2 is 2.00 bits per heavy atom. The molecule has 0 aliphatic heterocycles. The van der Waals surface area contributed by atoms with Gasteiger partial charge in [0.15, 0.2) is 0 Å². The molecule has 1 atom stereocenters. The average Bonchev–Trinajstić information content (AvgIpc) is 2.26. The zero-order valence-corrected chi connectivity index (χ0v) is 10.1. The lowest BCUT2D eigenvalue weighted by atomic mass is 10.2. The normalized spacial score (nSPS) is 14.5. The monoisotopic (exact) mass is 238 g/mol. The van der Waals surface area contributed by atoms with E-state index in [-0.39, 0.29) is 0 Å². The van der Waals surface area contributed by atoms with Crippen molar-refractivity contribution in [2.75, 3.05) is 0 Å². The summed E-state index contributed by atoms with van der Waals surface area (Å²) in [5.41, 5.74) is 0.817. The van der Waals surface area contributed by atoms with Crippen molar-refractivity contribution in [3.63, 3.8) is 0 Å². The molecule has 0 saturated heterocycles. The molecule has 74 valence electrons. The summed E-state index contributed by atoms with van der Waals surface area (Å²) in [4.78, 5) is 2.13. The number of halogens is 1. The van der Waals surface area contributed by atoms with E-state index in [1.54, 1.807) is 18.3 Å². The van der Waals surface area contributed by atoms with Crippen LogP contribution in [0.15, 0.2) is 6.07 Å². The van der Waals surface area contributed by atoms with Gasteiger partial charge in [-0.3, -0.25) is 0 Å². The van der Waals surface area contributed by atoms with E-state index in [0.29, 0.717) is 0 Å². The Hall–Kier alpha value is -0.0600. The van der Waals surface area contributed by atoms with Gasteiger partial charge in [0.1, 0.15) is 0 Å². The Balaban J connectivity index is 3.16. The predicted octanol–water partition coefficient (Wildman–Crippen LogP) is 2.99. The molecule has 13 heavy (non-hydrogen) atoms. The fourth-order valence-electron chi connectivity index (χ4n) is 1.21. The largest absolute Gasteiger partial charge is 0.239 e. The van der Waals surface area contributed by atoms with Gasteiger partial charge in [-0.2, -0.15) is 0 Å². The maximum absolute atomic E-state index is 11.1. The summed E-state index contributed by atoms with van der Waals surface area (Å²) in [6.45, 7) is 5.47. The second kappa shape index (κ2) is 3.59. The van der Waals surface area contributed by atoms with Crippen molar-refractivity contribution in [2.45, 2.75) is 26.0 Å². The van der Waals surface area contributed by atoms with Crippen molar-refractivity contribution >= 4 is 31.1 Å². The van der Waals surface area contributed by atoms with Crippen LogP contribution in [0.25, 0.3) is 0 Å². The Labute approximate surface area is 87.0 Å². The number of aryl methyl sites for hydroxylation is 2. The summed E-state index contributed by atoms with van der Waals surface area (Å²) in [5.74, 6) is 0. The molecule has 0 saturated carbocycles. The van der Waals surface area contributed by atoms with Crippen LogP contribution in [-0.2, 0) is 9.05 Å². The molecule has 0 N–H and O–H groups in total. The second-order valence-corrected chi connectivity index (χ2v) is 7.40. The lowest BCUT2D eigenvalue weighted by Gasteiger charge is -2.05. The molecule has 0 bridgehead atoms. The summed E-state index contributed by atoms with van der Waals surface area (Å²) in [6.07, 6.45) is 0. The van der Waals surface area contributed by atoms with Crippen molar-refractivity contribution in [3.8, 4) is 0 Å². The van der Waals surface area contributed by atoms with E-state index in [2.05, 4.69) is 0 Å². The zero-order chi connectivity index (χ0) is 10.2. The van der Waals surface area contributed by atoms with Crippen LogP contribution >= 0.6 is 22.0 Å². The summed E-state index contributed by atoms with van der Waals surface area (Å²) in [7, 11) is 1.79. The van der Waals surface area contributed by atoms with Gasteiger partial charge < -0.3 is 0 Å². The first-order chi connectivity index (χ1) is 5.82. The van der Waals surface area contributed by atoms with E-state index in [4.69, 9.17) is 10.7 Å². The number of hydrogen-bond donors (Lipinski definition) is 0. The molecular formula is C8H11ClO2S2. The van der Waals surface area contributed by atoms with Gasteiger partial charge >= 0.3 is 0 Å². The molecule has 0 fully saturated rings. The average molecular weight is 239 g/mol. The van der Waals surface area contributed by atoms with E-state index < -0.39 is 14.3 Å². The number of thiophene rings is 1. The summed E-state index contributed by atoms with van der Waals surface area (Å²) >= 11 is 1.59. The molecular weight excluding hydrogens is 228 g/mol. The quantitative estimate of drug-likeness (QED) is 0.743. The van der Waals surface area contributed by atoms with Crippen LogP contribution in [0.3, 0.4) is 0 Å². The van der Waals surface area contributed by atoms with Gasteiger partial charge in [-0.1, -0.05) is 0 Å². The first kappa shape index (κ1) is 11.0. The highest BCUT2D eigenvalue weighted by molar-refractivity contribution is 8.13. The summed E-state index contributed by atoms with van der Waals surface area (Å²) in [5, 5.41) is -0.612. The van der Waals surface area contributed by atoms with Crippen LogP contribution in [0.4, 0.5) is 0 Å². The molecule has 0 aliphatic carbocycles. The maximum atomic E-state index is 11.1. The van der Waals surface area contributed by atoms with Gasteiger partial charge in [-0.05, 0) is 32.4 Å². The molecule has 0 aromatic carbocycles. The van der Waals surface area contributed by atoms with Crippen LogP contribution in [-0.4, -0.2) is 8.42 Å². The van der Waals surface area contributed by atoms with Gasteiger partial charge in [-0.15, -0.1) is 11.3 Å². The molecule has 0 amide bonds. The lowest BCUT2D eigenvalue weighted by molar-refractivity contribution is 0.600. The molecule has 1 aromatic rings. The summed E-state index contributed by atoms with van der Waals surface area (Å²) < 4.78 is 22.1. The van der Waals surface area contributed by atoms with Gasteiger partial charge in [0.2, 0.25) is 9.05 Å². The van der Waals surface area contributed by atoms with Gasteiger partial charge in [0.25, 0.3) is 0 Å². The highest BCUT2D eigenvalue weighted by Gasteiger charge is 2.22. The molecule has 0 spiro atoms. The van der Waals surface area contributed by atoms with E-state index in [1.807, 2.05) is 19.9 Å². The number of rotatable bonds is 2. The number of hydrogen-bond acceptors (Lipinski definition) is 3. The van der Waals surface area contributed by atoms with Crippen LogP contribution in [0, 0.1) is 13.8 Å². The smallest absolute Gasteiger partial charge is 0.212 e. The molecule has 1 unspecified atom stereocenters. The Bertz CT molecular complexity index is 406. The van der Waals surface area contributed by atoms with Crippen molar-refractivity contribution in [1.82, 2.24) is 0 Å². The van der Waals surface area contributed by atoms with Crippen LogP contribution < -0.4 is 0 Å². The predicted molar refractivity (Wildman–Crippen MR) is 57.0 cm³/mol. The minimum atomic E-state index is -3.49. The maximum Gasteiger partial charge on any atom is 0.239 e. The van der Waals surface area contributed by atoms with Crippen molar-refractivity contribution in [3.05, 3.63) is 21.4 Å². The molecule has 1 heterocycles. The molecule has 1 rings (SSSR count). The fourth-order valence-corrected chi connectivity index (χ4v) is 3.14. The molecule has 5 heteroatoms. The lowest BCUT2D eigenvalue weighted by Crippen LogP contribution is -2.02. The van der Waals surface area contributed by atoms with Gasteiger partial charge in [-0.25, -0.2) is 8.42 Å². The van der Waals surface area contributed by atoms with Crippen LogP contribution in [0.1, 0.15) is 27.5 Å². The first-order valence-electron chi connectivity index (χ1n) is 3.82. The third kappa shape index (κ3) is 2.45. The third-order valence-electron chi connectivity index (χ3n) is 1.94. The van der Waals surface area contributed by atoms with Crippen molar-refractivity contribution in [1.29, 1.82) is 0 Å². The van der Waals surface area contributed by atoms with Gasteiger partial charge in [0, 0.05) is 20.4 Å². The van der Waals surface area contributed by atoms with Crippen molar-refractivity contribution in [2.24, 2.45) is 0 Å². The van der Waals surface area contributed by atoms with Gasteiger partial charge in [0.05, 0.1) is 5.25 Å². The molecule has 0 aliphatic rings. The standard InChI is InChI=1S/C8H11ClO2S2/c1-5-4-8(6(2)12-5)7(3)13(9,10)11/h4,7H,1-3H3. The topological polar surface area (TPSA) is 34.1 Å². The van der Waals surface area contributed by atoms with Crippen molar-refractivity contribution < 1.29 is 8.42 Å². The molecule has 1 aromatic heterocycles. The molecule has 2 nitrogen and oxygen atoms in total. The van der Waals surface area contributed by atoms with E-state index in [0.717, 1.165) is 15.3 Å². The zero-order valence-electron chi connectivity index (χ0n) is 7.67. The fraction of sp³-hybridized carbons (Fsp3) is 0.500. The third-order valence-corrected chi connectivity index (χ3v) is 4.82. The van der Waals surface area contributed by atoms with E-state index in [1.165, 1.54) is 0 Å². The van der Waals surface area contributed by atoms with E-state index >= 15 is 0 Å². The highest BCUT2D eigenvalue weighted by atomic mass is 35.7. The Morgan fingerprint density at radius 1 is 1.46 bits per heavy atom. The van der Waals surface area contributed by atoms with Crippen LogP contribution in [0.5, 0.6) is 0 Å². The SMILES string of the molecule is Cc1cc(C(C)S(=O)(=O)Cl)c(C)s1. The van der Waals surface area contributed by atoms with Crippen LogP contribution in [0.2, 0.25) is 0 Å². The molecule has 0 radical (unpaired) electrons. The summed E-state index contributed by atoms with van der Waals surface area (Å²) in [6, 6.07) is 1.88. The highest BCUT2D eigenvalue weighted by Crippen LogP contribution is 2.32. The minimum Gasteiger partial charge on any atom is -0.212 e.